The van der Waals surface area contributed by atoms with Crippen LogP contribution in [-0.4, -0.2) is 39.9 Å². The number of ether oxygens (including phenoxy) is 1. The van der Waals surface area contributed by atoms with Gasteiger partial charge in [0.25, 0.3) is 0 Å². The van der Waals surface area contributed by atoms with Gasteiger partial charge < -0.3 is 20.1 Å². The van der Waals surface area contributed by atoms with Crippen LogP contribution in [0.2, 0.25) is 0 Å². The van der Waals surface area contributed by atoms with Gasteiger partial charge in [-0.15, -0.1) is 0 Å². The molecule has 0 aromatic carbocycles. The van der Waals surface area contributed by atoms with Gasteiger partial charge in [-0.1, -0.05) is 0 Å². The highest BCUT2D eigenvalue weighted by atomic mass is 16.6. The lowest BCUT2D eigenvalue weighted by Crippen LogP contribution is -2.36. The Hall–Kier alpha value is -0.160. The molecule has 1 aliphatic rings. The first kappa shape index (κ1) is 9.92. The van der Waals surface area contributed by atoms with Crippen molar-refractivity contribution in [1.82, 2.24) is 0 Å². The molecule has 4 nitrogen and oxygen atoms in total. The molecule has 12 heavy (non-hydrogen) atoms. The van der Waals surface area contributed by atoms with E-state index in [1.165, 1.54) is 0 Å². The second-order valence-electron chi connectivity index (χ2n) is 3.42. The average Bonchev–Trinajstić information content (AvgIpc) is 1.81. The van der Waals surface area contributed by atoms with Gasteiger partial charge in [-0.3, -0.25) is 0 Å². The van der Waals surface area contributed by atoms with E-state index in [0.29, 0.717) is 12.8 Å². The van der Waals surface area contributed by atoms with Crippen molar-refractivity contribution in [3.63, 3.8) is 0 Å². The lowest BCUT2D eigenvalue weighted by molar-refractivity contribution is -0.194. The summed E-state index contributed by atoms with van der Waals surface area (Å²) in [5, 5.41) is 27.4. The van der Waals surface area contributed by atoms with E-state index in [1.54, 1.807) is 6.92 Å². The predicted molar refractivity (Wildman–Crippen MR) is 42.4 cm³/mol. The van der Waals surface area contributed by atoms with Crippen LogP contribution >= 0.6 is 0 Å². The minimum absolute atomic E-state index is 0.219. The second kappa shape index (κ2) is 4.18. The average molecular weight is 176 g/mol. The molecule has 1 aliphatic heterocycles. The Bertz CT molecular complexity index is 124. The molecule has 0 radical (unpaired) electrons. The van der Waals surface area contributed by atoms with Gasteiger partial charge >= 0.3 is 0 Å². The minimum atomic E-state index is -0.877. The summed E-state index contributed by atoms with van der Waals surface area (Å²) in [5.41, 5.74) is 0. The molecule has 0 spiro atoms. The predicted octanol–water partition coefficient (Wildman–Crippen LogP) is -0.384. The molecular formula is C8H16O4. The molecule has 1 heterocycles. The Morgan fingerprint density at radius 2 is 2.08 bits per heavy atom. The Morgan fingerprint density at radius 1 is 1.42 bits per heavy atom. The van der Waals surface area contributed by atoms with Crippen molar-refractivity contribution in [2.75, 3.05) is 0 Å². The third-order valence-corrected chi connectivity index (χ3v) is 1.96. The lowest BCUT2D eigenvalue weighted by atomic mass is 10.0. The van der Waals surface area contributed by atoms with E-state index in [0.717, 1.165) is 0 Å². The van der Waals surface area contributed by atoms with E-state index in [2.05, 4.69) is 0 Å². The van der Waals surface area contributed by atoms with E-state index in [9.17, 15) is 5.11 Å². The summed E-state index contributed by atoms with van der Waals surface area (Å²) in [6.07, 6.45) is -0.807. The van der Waals surface area contributed by atoms with Crippen molar-refractivity contribution in [2.24, 2.45) is 0 Å². The molecule has 0 aliphatic carbocycles. The molecule has 0 aromatic rings. The summed E-state index contributed by atoms with van der Waals surface area (Å²) in [7, 11) is 0. The van der Waals surface area contributed by atoms with Crippen LogP contribution < -0.4 is 0 Å². The zero-order valence-electron chi connectivity index (χ0n) is 7.18. The molecule has 1 fully saturated rings. The van der Waals surface area contributed by atoms with Crippen LogP contribution in [0.1, 0.15) is 26.2 Å². The highest BCUT2D eigenvalue weighted by Crippen LogP contribution is 2.21. The summed E-state index contributed by atoms with van der Waals surface area (Å²) in [4.78, 5) is 0. The van der Waals surface area contributed by atoms with Gasteiger partial charge in [0.1, 0.15) is 0 Å². The lowest BCUT2D eigenvalue weighted by Gasteiger charge is -2.30. The minimum Gasteiger partial charge on any atom is -0.393 e. The molecule has 1 rings (SSSR count). The monoisotopic (exact) mass is 176 g/mol. The molecule has 0 amide bonds. The van der Waals surface area contributed by atoms with Crippen LogP contribution in [0.3, 0.4) is 0 Å². The second-order valence-corrected chi connectivity index (χ2v) is 3.42. The molecule has 0 aromatic heterocycles. The number of hydrogen-bond donors (Lipinski definition) is 3. The van der Waals surface area contributed by atoms with Crippen molar-refractivity contribution >= 4 is 0 Å². The smallest absolute Gasteiger partial charge is 0.157 e. The fourth-order valence-electron chi connectivity index (χ4n) is 1.50. The highest BCUT2D eigenvalue weighted by Gasteiger charge is 2.27. The Kier molecular flexibility index (Phi) is 3.46. The molecule has 0 unspecified atom stereocenters. The molecule has 4 heteroatoms. The third-order valence-electron chi connectivity index (χ3n) is 1.96. The SMILES string of the molecule is C[C@@H](O)C[C@@H]1C[C@@H](O)C[C@@H](O)O1. The van der Waals surface area contributed by atoms with Crippen molar-refractivity contribution < 1.29 is 20.1 Å². The van der Waals surface area contributed by atoms with E-state index in [-0.39, 0.29) is 12.5 Å². The van der Waals surface area contributed by atoms with Crippen LogP contribution in [-0.2, 0) is 4.74 Å². The van der Waals surface area contributed by atoms with Crippen LogP contribution in [0.25, 0.3) is 0 Å². The van der Waals surface area contributed by atoms with Gasteiger partial charge in [0.15, 0.2) is 6.29 Å². The van der Waals surface area contributed by atoms with Crippen LogP contribution in [0.4, 0.5) is 0 Å². The van der Waals surface area contributed by atoms with Crippen molar-refractivity contribution in [2.45, 2.75) is 50.8 Å². The van der Waals surface area contributed by atoms with Crippen molar-refractivity contribution in [1.29, 1.82) is 0 Å². The number of aliphatic hydroxyl groups is 3. The zero-order valence-corrected chi connectivity index (χ0v) is 7.18. The molecule has 72 valence electrons. The van der Waals surface area contributed by atoms with Crippen molar-refractivity contribution in [3.05, 3.63) is 0 Å². The largest absolute Gasteiger partial charge is 0.393 e. The third kappa shape index (κ3) is 3.06. The number of rotatable bonds is 2. The Morgan fingerprint density at radius 3 is 2.58 bits per heavy atom. The molecule has 0 bridgehead atoms. The van der Waals surface area contributed by atoms with E-state index < -0.39 is 18.5 Å². The van der Waals surface area contributed by atoms with Gasteiger partial charge in [0.2, 0.25) is 0 Å². The summed E-state index contributed by atoms with van der Waals surface area (Å²) < 4.78 is 5.10. The van der Waals surface area contributed by atoms with Gasteiger partial charge in [0.05, 0.1) is 18.3 Å². The van der Waals surface area contributed by atoms with Crippen LogP contribution in [0.5, 0.6) is 0 Å². The summed E-state index contributed by atoms with van der Waals surface area (Å²) in [5.74, 6) is 0. The first-order valence-corrected chi connectivity index (χ1v) is 4.27. The fourth-order valence-corrected chi connectivity index (χ4v) is 1.50. The van der Waals surface area contributed by atoms with Gasteiger partial charge in [-0.05, 0) is 19.8 Å². The molecule has 4 atom stereocenters. The first-order chi connectivity index (χ1) is 5.58. The first-order valence-electron chi connectivity index (χ1n) is 4.27. The maximum Gasteiger partial charge on any atom is 0.157 e. The zero-order chi connectivity index (χ0) is 9.14. The van der Waals surface area contributed by atoms with Gasteiger partial charge in [0, 0.05) is 6.42 Å². The van der Waals surface area contributed by atoms with Crippen LogP contribution in [0.15, 0.2) is 0 Å². The Labute approximate surface area is 71.8 Å². The van der Waals surface area contributed by atoms with E-state index in [4.69, 9.17) is 14.9 Å². The molecular weight excluding hydrogens is 160 g/mol. The van der Waals surface area contributed by atoms with Gasteiger partial charge in [-0.2, -0.15) is 0 Å². The van der Waals surface area contributed by atoms with Gasteiger partial charge in [-0.25, -0.2) is 0 Å². The Balaban J connectivity index is 2.34. The highest BCUT2D eigenvalue weighted by molar-refractivity contribution is 4.73. The topological polar surface area (TPSA) is 69.9 Å². The van der Waals surface area contributed by atoms with E-state index >= 15 is 0 Å². The summed E-state index contributed by atoms with van der Waals surface area (Å²) in [6, 6.07) is 0. The maximum absolute atomic E-state index is 9.24. The van der Waals surface area contributed by atoms with E-state index in [1.807, 2.05) is 0 Å². The summed E-state index contributed by atoms with van der Waals surface area (Å²) >= 11 is 0. The molecule has 1 saturated heterocycles. The standard InChI is InChI=1S/C8H16O4/c1-5(9)2-7-3-6(10)4-8(11)12-7/h5-11H,2-4H2,1H3/t5-,6-,7-,8+/m1/s1. The quantitative estimate of drug-likeness (QED) is 0.536. The number of aliphatic hydroxyl groups excluding tert-OH is 3. The normalized spacial score (nSPS) is 39.5. The van der Waals surface area contributed by atoms with Crippen LogP contribution in [0, 0.1) is 0 Å². The number of hydrogen-bond acceptors (Lipinski definition) is 4. The summed E-state index contributed by atoms with van der Waals surface area (Å²) in [6.45, 7) is 1.66. The molecule has 3 N–H and O–H groups in total. The van der Waals surface area contributed by atoms with Crippen molar-refractivity contribution in [3.8, 4) is 0 Å². The fraction of sp³-hybridized carbons (Fsp3) is 1.00. The maximum atomic E-state index is 9.24. The molecule has 0 saturated carbocycles.